The van der Waals surface area contributed by atoms with Crippen molar-refractivity contribution in [3.05, 3.63) is 0 Å². The van der Waals surface area contributed by atoms with Crippen LogP contribution < -0.4 is 21.2 Å². The molecule has 1 saturated heterocycles. The molecule has 1 aliphatic heterocycles. The molecule has 0 radical (unpaired) electrons. The normalized spacial score (nSPS) is 23.3. The summed E-state index contributed by atoms with van der Waals surface area (Å²) in [7, 11) is 0. The number of alkyl halides is 2. The van der Waals surface area contributed by atoms with Gasteiger partial charge in [0.1, 0.15) is 0 Å². The molecular weight excluding hydrogens is 364 g/mol. The Hall–Kier alpha value is 1.42. The second kappa shape index (κ2) is 5.21. The van der Waals surface area contributed by atoms with E-state index in [1.165, 1.54) is 25.9 Å². The molecule has 1 heterocycles. The fraction of sp³-hybridized carbons (Fsp3) is 1.00. The van der Waals surface area contributed by atoms with Crippen LogP contribution in [0.15, 0.2) is 0 Å². The molecule has 1 nitrogen and oxygen atoms in total. The SMILES string of the molecule is CC(C)[I-]C1CCN(I)CC1. The van der Waals surface area contributed by atoms with Crippen LogP contribution >= 0.6 is 22.9 Å². The molecule has 1 aliphatic rings. The van der Waals surface area contributed by atoms with Crippen LogP contribution in [-0.2, 0) is 0 Å². The summed E-state index contributed by atoms with van der Waals surface area (Å²) in [5, 5.41) is 0. The van der Waals surface area contributed by atoms with Crippen LogP contribution in [0.3, 0.4) is 0 Å². The first-order valence-electron chi connectivity index (χ1n) is 4.21. The number of halogens is 2. The Kier molecular flexibility index (Phi) is 4.98. The van der Waals surface area contributed by atoms with Gasteiger partial charge in [-0.3, -0.25) is 0 Å². The van der Waals surface area contributed by atoms with Crippen molar-refractivity contribution in [2.24, 2.45) is 0 Å². The molecule has 0 aromatic heterocycles. The molecule has 0 N–H and O–H groups in total. The van der Waals surface area contributed by atoms with Gasteiger partial charge < -0.3 is 0 Å². The summed E-state index contributed by atoms with van der Waals surface area (Å²) in [6.07, 6.45) is 2.93. The molecular formula is C8H16I2N-. The zero-order chi connectivity index (χ0) is 8.27. The third kappa shape index (κ3) is 4.26. The van der Waals surface area contributed by atoms with Gasteiger partial charge >= 0.3 is 94.8 Å². The molecule has 3 heteroatoms. The predicted molar refractivity (Wildman–Crippen MR) is 53.8 cm³/mol. The first kappa shape index (κ1) is 10.5. The van der Waals surface area contributed by atoms with Crippen LogP contribution in [0.2, 0.25) is 0 Å². The van der Waals surface area contributed by atoms with Crippen molar-refractivity contribution in [1.82, 2.24) is 3.11 Å². The van der Waals surface area contributed by atoms with Gasteiger partial charge in [-0.15, -0.1) is 0 Å². The van der Waals surface area contributed by atoms with Crippen molar-refractivity contribution in [2.75, 3.05) is 13.1 Å². The van der Waals surface area contributed by atoms with Crippen molar-refractivity contribution in [2.45, 2.75) is 34.5 Å². The fourth-order valence-corrected chi connectivity index (χ4v) is 5.17. The van der Waals surface area contributed by atoms with E-state index in [2.05, 4.69) is 39.8 Å². The van der Waals surface area contributed by atoms with E-state index in [9.17, 15) is 0 Å². The Balaban J connectivity index is 2.17. The fourth-order valence-electron chi connectivity index (χ4n) is 1.30. The van der Waals surface area contributed by atoms with Gasteiger partial charge in [0, 0.05) is 0 Å². The van der Waals surface area contributed by atoms with Crippen LogP contribution in [0.25, 0.3) is 0 Å². The van der Waals surface area contributed by atoms with Gasteiger partial charge in [-0.2, -0.15) is 0 Å². The van der Waals surface area contributed by atoms with Gasteiger partial charge in [0.05, 0.1) is 0 Å². The maximum absolute atomic E-state index is 2.45. The Morgan fingerprint density at radius 1 is 1.36 bits per heavy atom. The first-order valence-corrected chi connectivity index (χ1v) is 7.67. The van der Waals surface area contributed by atoms with Crippen molar-refractivity contribution in [3.63, 3.8) is 0 Å². The summed E-state index contributed by atoms with van der Waals surface area (Å²) in [6, 6.07) is 0. The molecule has 1 fully saturated rings. The number of hydrogen-bond acceptors (Lipinski definition) is 1. The number of piperidine rings is 1. The van der Waals surface area contributed by atoms with Gasteiger partial charge in [-0.25, -0.2) is 0 Å². The average Bonchev–Trinajstić information content (AvgIpc) is 1.93. The molecule has 0 saturated carbocycles. The van der Waals surface area contributed by atoms with E-state index >= 15 is 0 Å². The van der Waals surface area contributed by atoms with E-state index in [1.54, 1.807) is 0 Å². The first-order chi connectivity index (χ1) is 5.18. The van der Waals surface area contributed by atoms with Crippen molar-refractivity contribution in [1.29, 1.82) is 0 Å². The molecule has 0 aromatic rings. The Morgan fingerprint density at radius 3 is 2.36 bits per heavy atom. The molecule has 0 atom stereocenters. The quantitative estimate of drug-likeness (QED) is 0.348. The minimum atomic E-state index is 0.495. The molecule has 11 heavy (non-hydrogen) atoms. The van der Waals surface area contributed by atoms with E-state index in [0.717, 1.165) is 7.85 Å². The molecule has 0 aliphatic carbocycles. The second-order valence-corrected chi connectivity index (χ2v) is 9.56. The Bertz CT molecular complexity index is 109. The predicted octanol–water partition coefficient (Wildman–Crippen LogP) is -0.702. The summed E-state index contributed by atoms with van der Waals surface area (Å²) >= 11 is 2.94. The van der Waals surface area contributed by atoms with E-state index in [4.69, 9.17) is 0 Å². The third-order valence-electron chi connectivity index (χ3n) is 1.80. The van der Waals surface area contributed by atoms with E-state index in [0.29, 0.717) is 21.2 Å². The zero-order valence-corrected chi connectivity index (χ0v) is 11.5. The third-order valence-corrected chi connectivity index (χ3v) is 6.47. The van der Waals surface area contributed by atoms with Gasteiger partial charge in [-0.1, -0.05) is 0 Å². The molecule has 1 rings (SSSR count). The molecule has 0 spiro atoms. The molecule has 68 valence electrons. The molecule has 0 bridgehead atoms. The van der Waals surface area contributed by atoms with Crippen LogP contribution in [0.5, 0.6) is 0 Å². The monoisotopic (exact) mass is 380 g/mol. The summed E-state index contributed by atoms with van der Waals surface area (Å²) in [5.41, 5.74) is 0. The maximum atomic E-state index is 2.45. The van der Waals surface area contributed by atoms with Crippen LogP contribution in [0.1, 0.15) is 26.7 Å². The second-order valence-electron chi connectivity index (χ2n) is 3.22. The van der Waals surface area contributed by atoms with Crippen LogP contribution in [0.4, 0.5) is 0 Å². The van der Waals surface area contributed by atoms with Gasteiger partial charge in [0.25, 0.3) is 0 Å². The van der Waals surface area contributed by atoms with Crippen molar-refractivity contribution < 1.29 is 21.2 Å². The van der Waals surface area contributed by atoms with Gasteiger partial charge in [-0.05, 0) is 0 Å². The van der Waals surface area contributed by atoms with Crippen LogP contribution in [-0.4, -0.2) is 24.1 Å². The van der Waals surface area contributed by atoms with Crippen LogP contribution in [0, 0.1) is 0 Å². The van der Waals surface area contributed by atoms with Crippen molar-refractivity contribution in [3.8, 4) is 0 Å². The van der Waals surface area contributed by atoms with Crippen molar-refractivity contribution >= 4 is 22.9 Å². The summed E-state index contributed by atoms with van der Waals surface area (Å²) < 4.78 is 4.55. The van der Waals surface area contributed by atoms with E-state index in [1.807, 2.05) is 0 Å². The Morgan fingerprint density at radius 2 is 1.91 bits per heavy atom. The number of rotatable bonds is 2. The topological polar surface area (TPSA) is 3.24 Å². The average molecular weight is 380 g/mol. The number of hydrogen-bond donors (Lipinski definition) is 0. The van der Waals surface area contributed by atoms with E-state index < -0.39 is 0 Å². The van der Waals surface area contributed by atoms with Gasteiger partial charge in [0.15, 0.2) is 0 Å². The molecule has 0 amide bonds. The minimum absolute atomic E-state index is 0.495. The standard InChI is InChI=1S/C8H16I2N/c1-7(2)10-8-3-5-11(9)6-4-8/h7-8H,3-6H2,1-2H3/q-1. The summed E-state index contributed by atoms with van der Waals surface area (Å²) in [4.78, 5) is 0. The molecule has 0 unspecified atom stereocenters. The van der Waals surface area contributed by atoms with E-state index in [-0.39, 0.29) is 0 Å². The number of nitrogens with zero attached hydrogens (tertiary/aromatic N) is 1. The Labute approximate surface area is 94.1 Å². The molecule has 0 aromatic carbocycles. The summed E-state index contributed by atoms with van der Waals surface area (Å²) in [6.45, 7) is 7.42. The zero-order valence-electron chi connectivity index (χ0n) is 7.19. The van der Waals surface area contributed by atoms with Gasteiger partial charge in [0.2, 0.25) is 0 Å². The summed E-state index contributed by atoms with van der Waals surface area (Å²) in [5.74, 6) is 0.